The van der Waals surface area contributed by atoms with Gasteiger partial charge in [0.25, 0.3) is 0 Å². The lowest BCUT2D eigenvalue weighted by molar-refractivity contribution is 0.0691. The van der Waals surface area contributed by atoms with E-state index < -0.39 is 5.97 Å². The molecule has 86 valence electrons. The molecule has 6 nitrogen and oxygen atoms in total. The van der Waals surface area contributed by atoms with E-state index in [1.165, 1.54) is 6.20 Å². The number of aromatic nitrogens is 2. The molecular formula is C11H10N4O2. The molecule has 0 aliphatic heterocycles. The average molecular weight is 230 g/mol. The maximum absolute atomic E-state index is 10.8. The van der Waals surface area contributed by atoms with E-state index in [0.29, 0.717) is 5.82 Å². The Kier molecular flexibility index (Phi) is 2.87. The molecule has 0 spiro atoms. The Morgan fingerprint density at radius 2 is 2.00 bits per heavy atom. The van der Waals surface area contributed by atoms with Crippen LogP contribution in [-0.2, 0) is 0 Å². The van der Waals surface area contributed by atoms with Crippen LogP contribution in [-0.4, -0.2) is 21.0 Å². The Bertz CT molecular complexity index is 542. The van der Waals surface area contributed by atoms with Crippen molar-refractivity contribution in [3.8, 4) is 0 Å². The number of nitrogens with one attached hydrogen (secondary N) is 1. The minimum atomic E-state index is -1.20. The number of nitrogens with zero attached hydrogens (tertiary/aromatic N) is 2. The van der Waals surface area contributed by atoms with Crippen molar-refractivity contribution in [2.75, 3.05) is 11.1 Å². The average Bonchev–Trinajstić information content (AvgIpc) is 2.32. The largest absolute Gasteiger partial charge is 0.476 e. The van der Waals surface area contributed by atoms with E-state index in [-0.39, 0.29) is 11.5 Å². The predicted octanol–water partition coefficient (Wildman–Crippen LogP) is 1.50. The Morgan fingerprint density at radius 3 is 2.65 bits per heavy atom. The SMILES string of the molecule is Nc1ncc(Nc2ccccc2)nc1C(=O)O. The monoisotopic (exact) mass is 230 g/mol. The Hall–Kier alpha value is -2.63. The van der Waals surface area contributed by atoms with Crippen LogP contribution in [0.5, 0.6) is 0 Å². The summed E-state index contributed by atoms with van der Waals surface area (Å²) < 4.78 is 0. The van der Waals surface area contributed by atoms with Crippen LogP contribution in [0.4, 0.5) is 17.3 Å². The number of carboxylic acids is 1. The summed E-state index contributed by atoms with van der Waals surface area (Å²) >= 11 is 0. The number of benzene rings is 1. The second-order valence-corrected chi connectivity index (χ2v) is 3.29. The normalized spacial score (nSPS) is 9.88. The number of hydrogen-bond donors (Lipinski definition) is 3. The molecule has 4 N–H and O–H groups in total. The summed E-state index contributed by atoms with van der Waals surface area (Å²) in [4.78, 5) is 18.5. The molecule has 0 bridgehead atoms. The van der Waals surface area contributed by atoms with Gasteiger partial charge in [0.15, 0.2) is 11.5 Å². The number of rotatable bonds is 3. The van der Waals surface area contributed by atoms with Crippen molar-refractivity contribution in [1.82, 2.24) is 9.97 Å². The third-order valence-electron chi connectivity index (χ3n) is 2.05. The molecule has 1 aromatic carbocycles. The molecule has 1 heterocycles. The first kappa shape index (κ1) is 10.9. The van der Waals surface area contributed by atoms with Crippen LogP contribution in [0.25, 0.3) is 0 Å². The highest BCUT2D eigenvalue weighted by atomic mass is 16.4. The molecule has 0 atom stereocenters. The number of carboxylic acid groups (broad SMARTS) is 1. The summed E-state index contributed by atoms with van der Waals surface area (Å²) in [6, 6.07) is 9.25. The molecule has 0 radical (unpaired) electrons. The zero-order chi connectivity index (χ0) is 12.3. The van der Waals surface area contributed by atoms with Crippen LogP contribution in [0.3, 0.4) is 0 Å². The first-order chi connectivity index (χ1) is 8.16. The quantitative estimate of drug-likeness (QED) is 0.738. The van der Waals surface area contributed by atoms with Gasteiger partial charge in [0.2, 0.25) is 0 Å². The van der Waals surface area contributed by atoms with E-state index in [1.54, 1.807) is 0 Å². The van der Waals surface area contributed by atoms with Crippen LogP contribution in [0.1, 0.15) is 10.5 Å². The zero-order valence-corrected chi connectivity index (χ0v) is 8.79. The standard InChI is InChI=1S/C11H10N4O2/c12-10-9(11(16)17)15-8(6-13-10)14-7-4-2-1-3-5-7/h1-6H,(H2,12,13)(H,14,15)(H,16,17). The number of para-hydroxylation sites is 1. The van der Waals surface area contributed by atoms with Gasteiger partial charge in [-0.25, -0.2) is 14.8 Å². The third-order valence-corrected chi connectivity index (χ3v) is 2.05. The van der Waals surface area contributed by atoms with Gasteiger partial charge in [-0.2, -0.15) is 0 Å². The lowest BCUT2D eigenvalue weighted by Crippen LogP contribution is -2.09. The van der Waals surface area contributed by atoms with Gasteiger partial charge in [0.05, 0.1) is 6.20 Å². The molecule has 0 amide bonds. The van der Waals surface area contributed by atoms with Crippen molar-refractivity contribution in [2.45, 2.75) is 0 Å². The highest BCUT2D eigenvalue weighted by Crippen LogP contribution is 2.15. The minimum Gasteiger partial charge on any atom is -0.476 e. The number of nitrogens with two attached hydrogens (primary N) is 1. The fourth-order valence-corrected chi connectivity index (χ4v) is 1.29. The molecular weight excluding hydrogens is 220 g/mol. The van der Waals surface area contributed by atoms with Gasteiger partial charge >= 0.3 is 5.97 Å². The fourth-order valence-electron chi connectivity index (χ4n) is 1.29. The summed E-state index contributed by atoms with van der Waals surface area (Å²) in [5, 5.41) is 11.8. The lowest BCUT2D eigenvalue weighted by Gasteiger charge is -2.06. The molecule has 6 heteroatoms. The number of anilines is 3. The Morgan fingerprint density at radius 1 is 1.29 bits per heavy atom. The van der Waals surface area contributed by atoms with Gasteiger partial charge < -0.3 is 16.2 Å². The van der Waals surface area contributed by atoms with Crippen LogP contribution in [0.15, 0.2) is 36.5 Å². The highest BCUT2D eigenvalue weighted by Gasteiger charge is 2.11. The van der Waals surface area contributed by atoms with Gasteiger partial charge in [0, 0.05) is 5.69 Å². The molecule has 0 saturated heterocycles. The van der Waals surface area contributed by atoms with Gasteiger partial charge in [-0.3, -0.25) is 0 Å². The first-order valence-corrected chi connectivity index (χ1v) is 4.84. The van der Waals surface area contributed by atoms with Gasteiger partial charge in [0.1, 0.15) is 5.82 Å². The van der Waals surface area contributed by atoms with Crippen molar-refractivity contribution in [1.29, 1.82) is 0 Å². The van der Waals surface area contributed by atoms with Crippen molar-refractivity contribution in [2.24, 2.45) is 0 Å². The molecule has 17 heavy (non-hydrogen) atoms. The Balaban J connectivity index is 2.29. The molecule has 0 aliphatic rings. The number of aromatic carboxylic acids is 1. The van der Waals surface area contributed by atoms with Gasteiger partial charge in [-0.15, -0.1) is 0 Å². The third kappa shape index (κ3) is 2.49. The second-order valence-electron chi connectivity index (χ2n) is 3.29. The van der Waals surface area contributed by atoms with Gasteiger partial charge in [-0.1, -0.05) is 18.2 Å². The van der Waals surface area contributed by atoms with Gasteiger partial charge in [-0.05, 0) is 12.1 Å². The molecule has 1 aromatic heterocycles. The van der Waals surface area contributed by atoms with Crippen molar-refractivity contribution >= 4 is 23.3 Å². The number of carbonyl (C=O) groups is 1. The molecule has 0 fully saturated rings. The Labute approximate surface area is 97.1 Å². The van der Waals surface area contributed by atoms with E-state index in [0.717, 1.165) is 5.69 Å². The zero-order valence-electron chi connectivity index (χ0n) is 8.79. The summed E-state index contributed by atoms with van der Waals surface area (Å²) in [5.74, 6) is -0.967. The summed E-state index contributed by atoms with van der Waals surface area (Å²) in [7, 11) is 0. The van der Waals surface area contributed by atoms with E-state index in [2.05, 4.69) is 15.3 Å². The molecule has 0 unspecified atom stereocenters. The smallest absolute Gasteiger partial charge is 0.358 e. The minimum absolute atomic E-state index is 0.101. The topological polar surface area (TPSA) is 101 Å². The summed E-state index contributed by atoms with van der Waals surface area (Å²) in [5.41, 5.74) is 5.94. The van der Waals surface area contributed by atoms with E-state index in [4.69, 9.17) is 10.8 Å². The second kappa shape index (κ2) is 4.48. The molecule has 2 rings (SSSR count). The van der Waals surface area contributed by atoms with Crippen molar-refractivity contribution in [3.63, 3.8) is 0 Å². The highest BCUT2D eigenvalue weighted by molar-refractivity contribution is 5.90. The van der Waals surface area contributed by atoms with E-state index >= 15 is 0 Å². The fraction of sp³-hybridized carbons (Fsp3) is 0. The number of hydrogen-bond acceptors (Lipinski definition) is 5. The molecule has 0 saturated carbocycles. The van der Waals surface area contributed by atoms with Crippen LogP contribution >= 0.6 is 0 Å². The number of nitrogen functional groups attached to an aromatic ring is 1. The maximum atomic E-state index is 10.8. The van der Waals surface area contributed by atoms with Crippen LogP contribution in [0.2, 0.25) is 0 Å². The summed E-state index contributed by atoms with van der Waals surface area (Å²) in [6.07, 6.45) is 1.38. The van der Waals surface area contributed by atoms with E-state index in [9.17, 15) is 4.79 Å². The van der Waals surface area contributed by atoms with Crippen molar-refractivity contribution < 1.29 is 9.90 Å². The molecule has 2 aromatic rings. The van der Waals surface area contributed by atoms with Crippen LogP contribution in [0, 0.1) is 0 Å². The molecule has 0 aliphatic carbocycles. The lowest BCUT2D eigenvalue weighted by atomic mass is 10.3. The summed E-state index contributed by atoms with van der Waals surface area (Å²) in [6.45, 7) is 0. The van der Waals surface area contributed by atoms with Crippen LogP contribution < -0.4 is 11.1 Å². The maximum Gasteiger partial charge on any atom is 0.358 e. The van der Waals surface area contributed by atoms with E-state index in [1.807, 2.05) is 30.3 Å². The predicted molar refractivity (Wildman–Crippen MR) is 63.1 cm³/mol. The first-order valence-electron chi connectivity index (χ1n) is 4.84. The van der Waals surface area contributed by atoms with Crippen molar-refractivity contribution in [3.05, 3.63) is 42.2 Å².